The van der Waals surface area contributed by atoms with Crippen molar-refractivity contribution in [1.29, 1.82) is 0 Å². The number of hydrogen-bond donors (Lipinski definition) is 2. The van der Waals surface area contributed by atoms with Crippen LogP contribution in [0.25, 0.3) is 0 Å². The minimum Gasteiger partial charge on any atom is -0.497 e. The van der Waals surface area contributed by atoms with E-state index in [4.69, 9.17) is 4.74 Å². The van der Waals surface area contributed by atoms with Crippen LogP contribution in [0.4, 0.5) is 10.5 Å². The third-order valence-corrected chi connectivity index (χ3v) is 2.95. The molecule has 6 heteroatoms. The zero-order valence-corrected chi connectivity index (χ0v) is 12.8. The number of nitrogens with zero attached hydrogens (tertiary/aromatic N) is 1. The lowest BCUT2D eigenvalue weighted by atomic mass is 10.1. The molecule has 0 spiro atoms. The first-order chi connectivity index (χ1) is 9.88. The lowest BCUT2D eigenvalue weighted by molar-refractivity contribution is 0.0698. The molecule has 0 aliphatic heterocycles. The SMILES string of the molecule is CCN(CC(C)C)C(=O)Nc1cc(OC)ccc1C(=O)O. The van der Waals surface area contributed by atoms with Crippen molar-refractivity contribution in [2.75, 3.05) is 25.5 Å². The highest BCUT2D eigenvalue weighted by Gasteiger charge is 2.17. The number of amides is 2. The Balaban J connectivity index is 2.99. The van der Waals surface area contributed by atoms with E-state index in [0.717, 1.165) is 0 Å². The maximum Gasteiger partial charge on any atom is 0.337 e. The Morgan fingerprint density at radius 2 is 2.05 bits per heavy atom. The average Bonchev–Trinajstić information content (AvgIpc) is 2.43. The van der Waals surface area contributed by atoms with Crippen molar-refractivity contribution in [1.82, 2.24) is 4.90 Å². The van der Waals surface area contributed by atoms with Crippen molar-refractivity contribution in [3.8, 4) is 5.75 Å². The van der Waals surface area contributed by atoms with Gasteiger partial charge in [0.1, 0.15) is 5.75 Å². The number of ether oxygens (including phenoxy) is 1. The van der Waals surface area contributed by atoms with Gasteiger partial charge in [-0.1, -0.05) is 13.8 Å². The van der Waals surface area contributed by atoms with Crippen LogP contribution in [0, 0.1) is 5.92 Å². The number of carboxylic acids is 1. The first-order valence-electron chi connectivity index (χ1n) is 6.86. The van der Waals surface area contributed by atoms with Crippen LogP contribution >= 0.6 is 0 Å². The van der Waals surface area contributed by atoms with Gasteiger partial charge in [-0.3, -0.25) is 0 Å². The van der Waals surface area contributed by atoms with E-state index < -0.39 is 5.97 Å². The molecule has 21 heavy (non-hydrogen) atoms. The Morgan fingerprint density at radius 3 is 2.52 bits per heavy atom. The van der Waals surface area contributed by atoms with Gasteiger partial charge in [0.25, 0.3) is 0 Å². The molecule has 0 atom stereocenters. The number of aromatic carboxylic acids is 1. The molecule has 1 aromatic rings. The maximum absolute atomic E-state index is 12.2. The number of hydrogen-bond acceptors (Lipinski definition) is 3. The van der Waals surface area contributed by atoms with E-state index in [1.807, 2.05) is 20.8 Å². The molecule has 2 N–H and O–H groups in total. The summed E-state index contributed by atoms with van der Waals surface area (Å²) in [5.41, 5.74) is 0.263. The summed E-state index contributed by atoms with van der Waals surface area (Å²) in [6.07, 6.45) is 0. The van der Waals surface area contributed by atoms with E-state index in [9.17, 15) is 14.7 Å². The maximum atomic E-state index is 12.2. The molecule has 0 heterocycles. The van der Waals surface area contributed by atoms with Crippen molar-refractivity contribution in [3.05, 3.63) is 23.8 Å². The number of rotatable bonds is 6. The molecule has 2 amide bonds. The van der Waals surface area contributed by atoms with Gasteiger partial charge in [0.2, 0.25) is 0 Å². The van der Waals surface area contributed by atoms with Crippen LogP contribution < -0.4 is 10.1 Å². The van der Waals surface area contributed by atoms with Gasteiger partial charge in [0, 0.05) is 19.2 Å². The molecule has 0 radical (unpaired) electrons. The number of nitrogens with one attached hydrogen (secondary N) is 1. The average molecular weight is 294 g/mol. The van der Waals surface area contributed by atoms with Gasteiger partial charge in [-0.25, -0.2) is 9.59 Å². The van der Waals surface area contributed by atoms with E-state index in [-0.39, 0.29) is 17.3 Å². The van der Waals surface area contributed by atoms with Crippen LogP contribution in [0.15, 0.2) is 18.2 Å². The van der Waals surface area contributed by atoms with Crippen LogP contribution in [0.1, 0.15) is 31.1 Å². The van der Waals surface area contributed by atoms with E-state index in [2.05, 4.69) is 5.32 Å². The molecule has 0 bridgehead atoms. The summed E-state index contributed by atoms with van der Waals surface area (Å²) in [6.45, 7) is 7.07. The van der Waals surface area contributed by atoms with Gasteiger partial charge in [0.15, 0.2) is 0 Å². The Morgan fingerprint density at radius 1 is 1.38 bits per heavy atom. The van der Waals surface area contributed by atoms with Crippen molar-refractivity contribution in [3.63, 3.8) is 0 Å². The molecule has 6 nitrogen and oxygen atoms in total. The monoisotopic (exact) mass is 294 g/mol. The van der Waals surface area contributed by atoms with Crippen molar-refractivity contribution in [2.24, 2.45) is 5.92 Å². The van der Waals surface area contributed by atoms with Gasteiger partial charge in [0.05, 0.1) is 18.4 Å². The molecular weight excluding hydrogens is 272 g/mol. The fourth-order valence-electron chi connectivity index (χ4n) is 1.93. The third-order valence-electron chi connectivity index (χ3n) is 2.95. The molecule has 116 valence electrons. The highest BCUT2D eigenvalue weighted by molar-refractivity contribution is 6.00. The summed E-state index contributed by atoms with van der Waals surface area (Å²) in [5, 5.41) is 11.8. The van der Waals surface area contributed by atoms with Gasteiger partial charge in [-0.05, 0) is 25.0 Å². The second kappa shape index (κ2) is 7.52. The number of benzene rings is 1. The number of methoxy groups -OCH3 is 1. The topological polar surface area (TPSA) is 78.9 Å². The molecule has 0 saturated carbocycles. The highest BCUT2D eigenvalue weighted by Crippen LogP contribution is 2.23. The van der Waals surface area contributed by atoms with Crippen LogP contribution in [-0.2, 0) is 0 Å². The lowest BCUT2D eigenvalue weighted by Gasteiger charge is -2.23. The van der Waals surface area contributed by atoms with Crippen LogP contribution in [0.2, 0.25) is 0 Å². The Labute approximate surface area is 124 Å². The Hall–Kier alpha value is -2.24. The molecule has 0 saturated heterocycles. The Bertz CT molecular complexity index is 514. The summed E-state index contributed by atoms with van der Waals surface area (Å²) in [7, 11) is 1.48. The van der Waals surface area contributed by atoms with E-state index in [1.54, 1.807) is 11.0 Å². The molecule has 0 aliphatic rings. The zero-order chi connectivity index (χ0) is 16.0. The number of anilines is 1. The Kier molecular flexibility index (Phi) is 6.02. The van der Waals surface area contributed by atoms with Crippen molar-refractivity contribution >= 4 is 17.7 Å². The predicted molar refractivity (Wildman–Crippen MR) is 81.1 cm³/mol. The molecule has 0 fully saturated rings. The van der Waals surface area contributed by atoms with Gasteiger partial charge < -0.3 is 20.1 Å². The van der Waals surface area contributed by atoms with E-state index >= 15 is 0 Å². The standard InChI is InChI=1S/C15H22N2O4/c1-5-17(9-10(2)3)15(20)16-13-8-11(21-4)6-7-12(13)14(18)19/h6-8,10H,5,9H2,1-4H3,(H,16,20)(H,18,19). The third kappa shape index (κ3) is 4.66. The molecule has 0 aromatic heterocycles. The quantitative estimate of drug-likeness (QED) is 0.845. The first-order valence-corrected chi connectivity index (χ1v) is 6.86. The van der Waals surface area contributed by atoms with Crippen LogP contribution in [-0.4, -0.2) is 42.2 Å². The summed E-state index contributed by atoms with van der Waals surface area (Å²) >= 11 is 0. The van der Waals surface area contributed by atoms with Crippen molar-refractivity contribution in [2.45, 2.75) is 20.8 Å². The van der Waals surface area contributed by atoms with Gasteiger partial charge >= 0.3 is 12.0 Å². The minimum atomic E-state index is -1.10. The molecule has 0 unspecified atom stereocenters. The minimum absolute atomic E-state index is 0.0322. The summed E-state index contributed by atoms with van der Waals surface area (Å²) in [4.78, 5) is 25.1. The molecule has 1 aromatic carbocycles. The van der Waals surface area contributed by atoms with Crippen LogP contribution in [0.5, 0.6) is 5.75 Å². The highest BCUT2D eigenvalue weighted by atomic mass is 16.5. The lowest BCUT2D eigenvalue weighted by Crippen LogP contribution is -2.37. The molecule has 0 aliphatic carbocycles. The first kappa shape index (κ1) is 16.8. The fraction of sp³-hybridized carbons (Fsp3) is 0.467. The summed E-state index contributed by atoms with van der Waals surface area (Å²) in [5.74, 6) is -0.276. The number of carbonyl (C=O) groups excluding carboxylic acids is 1. The smallest absolute Gasteiger partial charge is 0.337 e. The largest absolute Gasteiger partial charge is 0.497 e. The second-order valence-corrected chi connectivity index (χ2v) is 5.08. The number of urea groups is 1. The zero-order valence-electron chi connectivity index (χ0n) is 12.8. The van der Waals surface area contributed by atoms with Crippen molar-refractivity contribution < 1.29 is 19.4 Å². The molecule has 1 rings (SSSR count). The fourth-order valence-corrected chi connectivity index (χ4v) is 1.93. The predicted octanol–water partition coefficient (Wildman–Crippen LogP) is 2.90. The number of carboxylic acid groups (broad SMARTS) is 1. The second-order valence-electron chi connectivity index (χ2n) is 5.08. The molecular formula is C15H22N2O4. The normalized spacial score (nSPS) is 10.3. The van der Waals surface area contributed by atoms with Crippen LogP contribution in [0.3, 0.4) is 0 Å². The van der Waals surface area contributed by atoms with Gasteiger partial charge in [-0.2, -0.15) is 0 Å². The number of carbonyl (C=O) groups is 2. The van der Waals surface area contributed by atoms with E-state index in [1.165, 1.54) is 19.2 Å². The summed E-state index contributed by atoms with van der Waals surface area (Å²) in [6, 6.07) is 4.15. The van der Waals surface area contributed by atoms with Gasteiger partial charge in [-0.15, -0.1) is 0 Å². The van der Waals surface area contributed by atoms with E-state index in [0.29, 0.717) is 24.8 Å². The summed E-state index contributed by atoms with van der Waals surface area (Å²) < 4.78 is 5.06.